The highest BCUT2D eigenvalue weighted by molar-refractivity contribution is 5.74. The number of carbonyl (C=O) groups excluding carboxylic acids is 1. The van der Waals surface area contributed by atoms with Crippen LogP contribution in [0.1, 0.15) is 24.6 Å². The van der Waals surface area contributed by atoms with E-state index in [9.17, 15) is 4.79 Å². The van der Waals surface area contributed by atoms with Crippen molar-refractivity contribution in [2.45, 2.75) is 18.9 Å². The maximum absolute atomic E-state index is 12.0. The predicted molar refractivity (Wildman–Crippen MR) is 80.1 cm³/mol. The topological polar surface area (TPSA) is 66.7 Å². The van der Waals surface area contributed by atoms with Crippen LogP contribution in [0.4, 0.5) is 4.79 Å². The lowest BCUT2D eigenvalue weighted by molar-refractivity contribution is 0.155. The Hall–Kier alpha value is -1.53. The third-order valence-corrected chi connectivity index (χ3v) is 3.80. The Bertz CT molecular complexity index is 422. The molecule has 1 aliphatic rings. The van der Waals surface area contributed by atoms with Crippen LogP contribution in [-0.2, 0) is 4.74 Å². The molecule has 1 saturated heterocycles. The van der Waals surface area contributed by atoms with Gasteiger partial charge < -0.3 is 24.7 Å². The number of urea groups is 1. The Labute approximate surface area is 125 Å². The fourth-order valence-electron chi connectivity index (χ4n) is 2.74. The second-order valence-electron chi connectivity index (χ2n) is 5.65. The molecule has 0 saturated carbocycles. The van der Waals surface area contributed by atoms with Crippen molar-refractivity contribution in [3.63, 3.8) is 0 Å². The van der Waals surface area contributed by atoms with Crippen molar-refractivity contribution in [1.29, 1.82) is 0 Å². The molecule has 1 aliphatic heterocycles. The standard InChI is InChI=1S/C15H25N3O3/c1-18-7-3-5-12(10-18)9-16-15(19)17-13(11-20-2)14-6-4-8-21-14/h4,6,8,12-13H,3,5,7,9-11H2,1-2H3,(H2,16,17,19)/t12-,13-/m0/s1. The van der Waals surface area contributed by atoms with E-state index in [-0.39, 0.29) is 12.1 Å². The molecule has 0 bridgehead atoms. The number of piperidine rings is 1. The summed E-state index contributed by atoms with van der Waals surface area (Å²) in [6, 6.07) is 3.19. The molecule has 0 spiro atoms. The van der Waals surface area contributed by atoms with E-state index in [1.807, 2.05) is 6.07 Å². The van der Waals surface area contributed by atoms with Gasteiger partial charge in [0.15, 0.2) is 0 Å². The van der Waals surface area contributed by atoms with Crippen LogP contribution < -0.4 is 10.6 Å². The fraction of sp³-hybridized carbons (Fsp3) is 0.667. The van der Waals surface area contributed by atoms with Gasteiger partial charge in [-0.3, -0.25) is 0 Å². The number of ether oxygens (including phenoxy) is 1. The number of carbonyl (C=O) groups is 1. The minimum Gasteiger partial charge on any atom is -0.467 e. The lowest BCUT2D eigenvalue weighted by Gasteiger charge is -2.29. The van der Waals surface area contributed by atoms with Crippen molar-refractivity contribution in [1.82, 2.24) is 15.5 Å². The van der Waals surface area contributed by atoms with E-state index in [0.29, 0.717) is 24.8 Å². The van der Waals surface area contributed by atoms with Crippen LogP contribution in [0.5, 0.6) is 0 Å². The molecule has 1 fully saturated rings. The van der Waals surface area contributed by atoms with Gasteiger partial charge in [-0.25, -0.2) is 4.79 Å². The third kappa shape index (κ3) is 5.06. The molecule has 6 nitrogen and oxygen atoms in total. The van der Waals surface area contributed by atoms with Crippen LogP contribution in [0.3, 0.4) is 0 Å². The van der Waals surface area contributed by atoms with Crippen molar-refractivity contribution in [3.05, 3.63) is 24.2 Å². The van der Waals surface area contributed by atoms with E-state index in [2.05, 4.69) is 22.6 Å². The number of hydrogen-bond acceptors (Lipinski definition) is 4. The first-order valence-electron chi connectivity index (χ1n) is 7.44. The Kier molecular flexibility index (Phi) is 6.07. The van der Waals surface area contributed by atoms with Crippen LogP contribution in [0.2, 0.25) is 0 Å². The largest absolute Gasteiger partial charge is 0.467 e. The number of likely N-dealkylation sites (tertiary alicyclic amines) is 1. The molecule has 0 aliphatic carbocycles. The number of furan rings is 1. The molecule has 21 heavy (non-hydrogen) atoms. The van der Waals surface area contributed by atoms with E-state index in [1.165, 1.54) is 12.8 Å². The SMILES string of the molecule is COC[C@H](NC(=O)NC[C@@H]1CCCN(C)C1)c1ccco1. The number of hydrogen-bond donors (Lipinski definition) is 2. The van der Waals surface area contributed by atoms with Gasteiger partial charge in [0.1, 0.15) is 11.8 Å². The second kappa shape index (κ2) is 8.05. The van der Waals surface area contributed by atoms with Crippen LogP contribution in [-0.4, -0.2) is 51.3 Å². The first-order valence-corrected chi connectivity index (χ1v) is 7.44. The average Bonchev–Trinajstić information content (AvgIpc) is 2.99. The molecule has 0 aromatic carbocycles. The first-order chi connectivity index (χ1) is 10.2. The molecule has 2 amide bonds. The first kappa shape index (κ1) is 15.9. The number of nitrogens with zero attached hydrogens (tertiary/aromatic N) is 1. The summed E-state index contributed by atoms with van der Waals surface area (Å²) in [5, 5.41) is 5.84. The average molecular weight is 295 g/mol. The highest BCUT2D eigenvalue weighted by atomic mass is 16.5. The molecule has 2 heterocycles. The Morgan fingerprint density at radius 3 is 3.14 bits per heavy atom. The molecular weight excluding hydrogens is 270 g/mol. The van der Waals surface area contributed by atoms with Gasteiger partial charge in [-0.15, -0.1) is 0 Å². The number of methoxy groups -OCH3 is 1. The fourth-order valence-corrected chi connectivity index (χ4v) is 2.74. The zero-order chi connectivity index (χ0) is 15.1. The third-order valence-electron chi connectivity index (χ3n) is 3.80. The number of amides is 2. The summed E-state index contributed by atoms with van der Waals surface area (Å²) in [6.07, 6.45) is 3.96. The van der Waals surface area contributed by atoms with Crippen molar-refractivity contribution in [2.75, 3.05) is 40.4 Å². The lowest BCUT2D eigenvalue weighted by Crippen LogP contribution is -2.44. The maximum Gasteiger partial charge on any atom is 0.315 e. The maximum atomic E-state index is 12.0. The van der Waals surface area contributed by atoms with Crippen molar-refractivity contribution in [3.8, 4) is 0 Å². The van der Waals surface area contributed by atoms with Crippen LogP contribution in [0.25, 0.3) is 0 Å². The summed E-state index contributed by atoms with van der Waals surface area (Å²) < 4.78 is 10.5. The van der Waals surface area contributed by atoms with Gasteiger partial charge >= 0.3 is 6.03 Å². The van der Waals surface area contributed by atoms with Gasteiger partial charge in [0, 0.05) is 20.2 Å². The van der Waals surface area contributed by atoms with Gasteiger partial charge in [0.05, 0.1) is 12.9 Å². The Balaban J connectivity index is 1.77. The number of rotatable bonds is 6. The number of nitrogens with one attached hydrogen (secondary N) is 2. The van der Waals surface area contributed by atoms with Crippen LogP contribution in [0, 0.1) is 5.92 Å². The molecule has 2 rings (SSSR count). The summed E-state index contributed by atoms with van der Waals surface area (Å²) >= 11 is 0. The molecule has 2 N–H and O–H groups in total. The predicted octanol–water partition coefficient (Wildman–Crippen LogP) is 1.61. The molecule has 1 aromatic rings. The Morgan fingerprint density at radius 1 is 1.62 bits per heavy atom. The van der Waals surface area contributed by atoms with Crippen molar-refractivity contribution in [2.24, 2.45) is 5.92 Å². The van der Waals surface area contributed by atoms with E-state index in [0.717, 1.165) is 13.1 Å². The molecule has 2 atom stereocenters. The van der Waals surface area contributed by atoms with Gasteiger partial charge in [0.25, 0.3) is 0 Å². The lowest BCUT2D eigenvalue weighted by atomic mass is 9.99. The highest BCUT2D eigenvalue weighted by Gasteiger charge is 2.20. The summed E-state index contributed by atoms with van der Waals surface area (Å²) in [6.45, 7) is 3.28. The smallest absolute Gasteiger partial charge is 0.315 e. The molecule has 118 valence electrons. The molecular formula is C15H25N3O3. The minimum atomic E-state index is -0.265. The van der Waals surface area contributed by atoms with Gasteiger partial charge in [-0.05, 0) is 44.5 Å². The molecule has 1 aromatic heterocycles. The molecule has 0 radical (unpaired) electrons. The summed E-state index contributed by atoms with van der Waals surface area (Å²) in [7, 11) is 3.73. The van der Waals surface area contributed by atoms with E-state index in [1.54, 1.807) is 19.4 Å². The minimum absolute atomic E-state index is 0.179. The van der Waals surface area contributed by atoms with Gasteiger partial charge in [-0.1, -0.05) is 0 Å². The van der Waals surface area contributed by atoms with Crippen LogP contribution >= 0.6 is 0 Å². The summed E-state index contributed by atoms with van der Waals surface area (Å²) in [4.78, 5) is 14.3. The van der Waals surface area contributed by atoms with E-state index < -0.39 is 0 Å². The molecule has 0 unspecified atom stereocenters. The summed E-state index contributed by atoms with van der Waals surface area (Å²) in [5.74, 6) is 1.23. The van der Waals surface area contributed by atoms with Crippen LogP contribution in [0.15, 0.2) is 22.8 Å². The monoisotopic (exact) mass is 295 g/mol. The molecule has 6 heteroatoms. The zero-order valence-electron chi connectivity index (χ0n) is 12.8. The highest BCUT2D eigenvalue weighted by Crippen LogP contribution is 2.15. The van der Waals surface area contributed by atoms with E-state index >= 15 is 0 Å². The second-order valence-corrected chi connectivity index (χ2v) is 5.65. The Morgan fingerprint density at radius 2 is 2.48 bits per heavy atom. The van der Waals surface area contributed by atoms with Gasteiger partial charge in [0.2, 0.25) is 0 Å². The van der Waals surface area contributed by atoms with Gasteiger partial charge in [-0.2, -0.15) is 0 Å². The van der Waals surface area contributed by atoms with Crippen molar-refractivity contribution < 1.29 is 13.9 Å². The van der Waals surface area contributed by atoms with E-state index in [4.69, 9.17) is 9.15 Å². The summed E-state index contributed by atoms with van der Waals surface area (Å²) in [5.41, 5.74) is 0. The quantitative estimate of drug-likeness (QED) is 0.837. The van der Waals surface area contributed by atoms with Crippen molar-refractivity contribution >= 4 is 6.03 Å². The zero-order valence-corrected chi connectivity index (χ0v) is 12.8. The normalized spacial score (nSPS) is 21.0.